The third-order valence-electron chi connectivity index (χ3n) is 2.56. The first-order valence-corrected chi connectivity index (χ1v) is 5.92. The third kappa shape index (κ3) is 2.68. The van der Waals surface area contributed by atoms with Gasteiger partial charge in [0.05, 0.1) is 10.5 Å². The Morgan fingerprint density at radius 3 is 2.37 bits per heavy atom. The number of rotatable bonds is 2. The molecule has 0 bridgehead atoms. The predicted molar refractivity (Wildman–Crippen MR) is 73.3 cm³/mol. The fourth-order valence-corrected chi connectivity index (χ4v) is 2.19. The number of non-ortho nitro benzene ring substituents is 1. The highest BCUT2D eigenvalue weighted by atomic mass is 35.5. The van der Waals surface area contributed by atoms with Crippen LogP contribution in [0.15, 0.2) is 36.4 Å². The molecule has 0 N–H and O–H groups in total. The molecule has 0 saturated heterocycles. The van der Waals surface area contributed by atoms with Crippen LogP contribution in [0.3, 0.4) is 0 Å². The van der Waals surface area contributed by atoms with Crippen molar-refractivity contribution in [2.24, 2.45) is 0 Å². The molecule has 0 aliphatic rings. The van der Waals surface area contributed by atoms with E-state index >= 15 is 0 Å². The van der Waals surface area contributed by atoms with Gasteiger partial charge in [-0.05, 0) is 18.2 Å². The summed E-state index contributed by atoms with van der Waals surface area (Å²) in [5.74, 6) is 0. The summed E-state index contributed by atoms with van der Waals surface area (Å²) >= 11 is 11.9. The SMILES string of the molecule is N#Cc1cc([N+](=O)[O-])ccc1-c1ccc(Cl)cc1Cl. The fourth-order valence-electron chi connectivity index (χ4n) is 1.68. The molecule has 4 nitrogen and oxygen atoms in total. The highest BCUT2D eigenvalue weighted by Crippen LogP contribution is 2.33. The summed E-state index contributed by atoms with van der Waals surface area (Å²) in [5, 5.41) is 20.6. The molecule has 0 aliphatic carbocycles. The van der Waals surface area contributed by atoms with Crippen LogP contribution in [0.4, 0.5) is 5.69 Å². The Kier molecular flexibility index (Phi) is 3.70. The van der Waals surface area contributed by atoms with Crippen molar-refractivity contribution in [3.05, 3.63) is 62.1 Å². The number of nitriles is 1. The predicted octanol–water partition coefficient (Wildman–Crippen LogP) is 4.44. The maximum atomic E-state index is 10.7. The van der Waals surface area contributed by atoms with Gasteiger partial charge in [0.2, 0.25) is 0 Å². The van der Waals surface area contributed by atoms with Gasteiger partial charge >= 0.3 is 0 Å². The summed E-state index contributed by atoms with van der Waals surface area (Å²) in [6.07, 6.45) is 0. The highest BCUT2D eigenvalue weighted by molar-refractivity contribution is 6.36. The summed E-state index contributed by atoms with van der Waals surface area (Å²) < 4.78 is 0. The second kappa shape index (κ2) is 5.27. The molecular formula is C13H6Cl2N2O2. The standard InChI is InChI=1S/C13H6Cl2N2O2/c14-9-1-3-12(13(15)6-9)11-4-2-10(17(18)19)5-8(11)7-16/h1-6H. The van der Waals surface area contributed by atoms with E-state index in [-0.39, 0.29) is 11.3 Å². The van der Waals surface area contributed by atoms with Crippen LogP contribution in [0, 0.1) is 21.4 Å². The van der Waals surface area contributed by atoms with Gasteiger partial charge in [-0.25, -0.2) is 0 Å². The Balaban J connectivity index is 2.63. The van der Waals surface area contributed by atoms with Gasteiger partial charge < -0.3 is 0 Å². The first-order chi connectivity index (χ1) is 9.02. The normalized spacial score (nSPS) is 9.95. The van der Waals surface area contributed by atoms with Gasteiger partial charge in [-0.3, -0.25) is 10.1 Å². The van der Waals surface area contributed by atoms with Crippen LogP contribution < -0.4 is 0 Å². The first-order valence-electron chi connectivity index (χ1n) is 5.17. The van der Waals surface area contributed by atoms with Crippen molar-refractivity contribution in [1.29, 1.82) is 5.26 Å². The van der Waals surface area contributed by atoms with Crippen molar-refractivity contribution in [2.75, 3.05) is 0 Å². The molecule has 0 atom stereocenters. The lowest BCUT2D eigenvalue weighted by Crippen LogP contribution is -1.91. The quantitative estimate of drug-likeness (QED) is 0.607. The van der Waals surface area contributed by atoms with Crippen molar-refractivity contribution in [3.8, 4) is 17.2 Å². The molecular weight excluding hydrogens is 287 g/mol. The van der Waals surface area contributed by atoms with E-state index in [1.807, 2.05) is 6.07 Å². The van der Waals surface area contributed by atoms with Crippen LogP contribution in [0.1, 0.15) is 5.56 Å². The lowest BCUT2D eigenvalue weighted by Gasteiger charge is -2.07. The Bertz CT molecular complexity index is 708. The Hall–Kier alpha value is -2.09. The minimum Gasteiger partial charge on any atom is -0.258 e. The molecule has 0 saturated carbocycles. The number of hydrogen-bond acceptors (Lipinski definition) is 3. The van der Waals surface area contributed by atoms with Crippen molar-refractivity contribution in [3.63, 3.8) is 0 Å². The highest BCUT2D eigenvalue weighted by Gasteiger charge is 2.14. The molecule has 94 valence electrons. The molecule has 2 aromatic carbocycles. The molecule has 2 rings (SSSR count). The van der Waals surface area contributed by atoms with E-state index in [1.165, 1.54) is 18.2 Å². The zero-order chi connectivity index (χ0) is 14.0. The lowest BCUT2D eigenvalue weighted by atomic mass is 10.00. The van der Waals surface area contributed by atoms with E-state index in [0.29, 0.717) is 21.2 Å². The summed E-state index contributed by atoms with van der Waals surface area (Å²) in [4.78, 5) is 10.1. The fraction of sp³-hybridized carbons (Fsp3) is 0. The van der Waals surface area contributed by atoms with Crippen LogP contribution in [-0.2, 0) is 0 Å². The van der Waals surface area contributed by atoms with Gasteiger partial charge in [-0.15, -0.1) is 0 Å². The third-order valence-corrected chi connectivity index (χ3v) is 3.10. The van der Waals surface area contributed by atoms with Crippen molar-refractivity contribution >= 4 is 28.9 Å². The summed E-state index contributed by atoms with van der Waals surface area (Å²) in [6, 6.07) is 10.9. The molecule has 0 heterocycles. The summed E-state index contributed by atoms with van der Waals surface area (Å²) in [6.45, 7) is 0. The molecule has 0 fully saturated rings. The van der Waals surface area contributed by atoms with E-state index in [4.69, 9.17) is 28.5 Å². The van der Waals surface area contributed by atoms with Gasteiger partial charge in [0.1, 0.15) is 6.07 Å². The number of nitrogens with zero attached hydrogens (tertiary/aromatic N) is 2. The van der Waals surface area contributed by atoms with Crippen molar-refractivity contribution in [1.82, 2.24) is 0 Å². The van der Waals surface area contributed by atoms with Crippen LogP contribution in [0.2, 0.25) is 10.0 Å². The maximum Gasteiger partial charge on any atom is 0.270 e. The van der Waals surface area contributed by atoms with E-state index < -0.39 is 4.92 Å². The molecule has 2 aromatic rings. The molecule has 0 spiro atoms. The lowest BCUT2D eigenvalue weighted by molar-refractivity contribution is -0.384. The molecule has 0 aliphatic heterocycles. The van der Waals surface area contributed by atoms with Gasteiger partial charge in [0.15, 0.2) is 0 Å². The van der Waals surface area contributed by atoms with Crippen LogP contribution >= 0.6 is 23.2 Å². The maximum absolute atomic E-state index is 10.7. The average Bonchev–Trinajstić information content (AvgIpc) is 2.38. The largest absolute Gasteiger partial charge is 0.270 e. The monoisotopic (exact) mass is 292 g/mol. The smallest absolute Gasteiger partial charge is 0.258 e. The van der Waals surface area contributed by atoms with Crippen LogP contribution in [-0.4, -0.2) is 4.92 Å². The van der Waals surface area contributed by atoms with Crippen LogP contribution in [0.25, 0.3) is 11.1 Å². The number of halogens is 2. The second-order valence-corrected chi connectivity index (χ2v) is 4.57. The first kappa shape index (κ1) is 13.3. The van der Waals surface area contributed by atoms with Gasteiger partial charge in [0.25, 0.3) is 5.69 Å². The molecule has 0 aromatic heterocycles. The molecule has 0 amide bonds. The Labute approximate surface area is 119 Å². The van der Waals surface area contributed by atoms with E-state index in [9.17, 15) is 10.1 Å². The van der Waals surface area contributed by atoms with Gasteiger partial charge in [0, 0.05) is 33.3 Å². The molecule has 19 heavy (non-hydrogen) atoms. The average molecular weight is 293 g/mol. The Morgan fingerprint density at radius 1 is 1.11 bits per heavy atom. The molecule has 0 radical (unpaired) electrons. The number of hydrogen-bond donors (Lipinski definition) is 0. The molecule has 0 unspecified atom stereocenters. The minimum atomic E-state index is -0.548. The number of nitro groups is 1. The zero-order valence-corrected chi connectivity index (χ0v) is 10.9. The number of benzene rings is 2. The van der Waals surface area contributed by atoms with Gasteiger partial charge in [-0.1, -0.05) is 29.3 Å². The van der Waals surface area contributed by atoms with Crippen molar-refractivity contribution < 1.29 is 4.92 Å². The second-order valence-electron chi connectivity index (χ2n) is 3.72. The van der Waals surface area contributed by atoms with Crippen LogP contribution in [0.5, 0.6) is 0 Å². The summed E-state index contributed by atoms with van der Waals surface area (Å²) in [5.41, 5.74) is 1.20. The minimum absolute atomic E-state index is 0.134. The van der Waals surface area contributed by atoms with E-state index in [0.717, 1.165) is 0 Å². The van der Waals surface area contributed by atoms with Gasteiger partial charge in [-0.2, -0.15) is 5.26 Å². The van der Waals surface area contributed by atoms with E-state index in [2.05, 4.69) is 0 Å². The zero-order valence-electron chi connectivity index (χ0n) is 9.43. The Morgan fingerprint density at radius 2 is 1.79 bits per heavy atom. The summed E-state index contributed by atoms with van der Waals surface area (Å²) in [7, 11) is 0. The topological polar surface area (TPSA) is 66.9 Å². The molecule has 6 heteroatoms. The number of nitro benzene ring substituents is 1. The van der Waals surface area contributed by atoms with E-state index in [1.54, 1.807) is 18.2 Å². The van der Waals surface area contributed by atoms with Crippen molar-refractivity contribution in [2.45, 2.75) is 0 Å².